The van der Waals surface area contributed by atoms with Crippen molar-refractivity contribution in [3.05, 3.63) is 64.1 Å². The largest absolute Gasteiger partial charge is 0.313 e. The van der Waals surface area contributed by atoms with Crippen molar-refractivity contribution in [2.24, 2.45) is 0 Å². The molecule has 0 aliphatic rings. The molecule has 2 rings (SSSR count). The quantitative estimate of drug-likeness (QED) is 0.731. The van der Waals surface area contributed by atoms with E-state index in [9.17, 15) is 0 Å². The van der Waals surface area contributed by atoms with Gasteiger partial charge in [0.25, 0.3) is 0 Å². The second-order valence-corrected chi connectivity index (χ2v) is 6.83. The van der Waals surface area contributed by atoms with Crippen LogP contribution in [-0.4, -0.2) is 12.8 Å². The van der Waals surface area contributed by atoms with Crippen LogP contribution in [0.2, 0.25) is 0 Å². The lowest BCUT2D eigenvalue weighted by Gasteiger charge is -2.18. The third kappa shape index (κ3) is 4.11. The summed E-state index contributed by atoms with van der Waals surface area (Å²) in [6, 6.07) is 17.7. The molecule has 1 unspecified atom stereocenters. The van der Waals surface area contributed by atoms with E-state index in [1.54, 1.807) is 0 Å². The molecule has 1 N–H and O–H groups in total. The summed E-state index contributed by atoms with van der Waals surface area (Å²) in [4.78, 5) is 1.34. The minimum atomic E-state index is 0.342. The molecule has 1 atom stereocenters. The van der Waals surface area contributed by atoms with Crippen LogP contribution >= 0.6 is 27.7 Å². The minimum absolute atomic E-state index is 0.342. The summed E-state index contributed by atoms with van der Waals surface area (Å²) in [6.07, 6.45) is 0.984. The molecule has 0 aliphatic heterocycles. The molecule has 1 nitrogen and oxygen atoms in total. The molecular formula is C17H20BrNS. The zero-order valence-electron chi connectivity index (χ0n) is 11.9. The monoisotopic (exact) mass is 349 g/mol. The van der Waals surface area contributed by atoms with E-state index in [-0.39, 0.29) is 0 Å². The van der Waals surface area contributed by atoms with E-state index < -0.39 is 0 Å². The van der Waals surface area contributed by atoms with E-state index in [0.717, 1.165) is 12.2 Å². The third-order valence-electron chi connectivity index (χ3n) is 3.32. The molecule has 0 radical (unpaired) electrons. The van der Waals surface area contributed by atoms with Crippen LogP contribution < -0.4 is 5.32 Å². The van der Waals surface area contributed by atoms with E-state index in [1.165, 1.54) is 20.5 Å². The van der Waals surface area contributed by atoms with Gasteiger partial charge in [-0.2, -0.15) is 0 Å². The van der Waals surface area contributed by atoms with Gasteiger partial charge in [0.1, 0.15) is 0 Å². The smallest absolute Gasteiger partial charge is 0.0358 e. The average Bonchev–Trinajstić information content (AvgIpc) is 2.48. The first-order chi connectivity index (χ1) is 9.74. The Morgan fingerprint density at radius 3 is 2.40 bits per heavy atom. The first-order valence-corrected chi connectivity index (χ1v) is 8.66. The van der Waals surface area contributed by atoms with Crippen LogP contribution in [0.4, 0.5) is 0 Å². The highest BCUT2D eigenvalue weighted by molar-refractivity contribution is 9.10. The Hall–Kier alpha value is -0.770. The van der Waals surface area contributed by atoms with E-state index in [2.05, 4.69) is 76.7 Å². The number of rotatable bonds is 6. The van der Waals surface area contributed by atoms with Crippen molar-refractivity contribution in [2.45, 2.75) is 24.3 Å². The minimum Gasteiger partial charge on any atom is -0.313 e. The Bertz CT molecular complexity index is 539. The van der Waals surface area contributed by atoms with Gasteiger partial charge < -0.3 is 5.32 Å². The topological polar surface area (TPSA) is 12.0 Å². The molecule has 0 heterocycles. The number of hydrogen-bond donors (Lipinski definition) is 1. The Morgan fingerprint density at radius 1 is 1.10 bits per heavy atom. The summed E-state index contributed by atoms with van der Waals surface area (Å²) >= 11 is 5.51. The number of thioether (sulfide) groups is 1. The Kier molecular flexibility index (Phi) is 6.14. The van der Waals surface area contributed by atoms with Crippen LogP contribution in [0.1, 0.15) is 24.1 Å². The Balaban J connectivity index is 2.13. The molecule has 20 heavy (non-hydrogen) atoms. The van der Waals surface area contributed by atoms with Crippen molar-refractivity contribution in [1.29, 1.82) is 0 Å². The third-order valence-corrected chi connectivity index (χ3v) is 4.99. The molecule has 0 spiro atoms. The number of hydrogen-bond acceptors (Lipinski definition) is 2. The second kappa shape index (κ2) is 7.87. The van der Waals surface area contributed by atoms with Gasteiger partial charge in [0.05, 0.1) is 0 Å². The van der Waals surface area contributed by atoms with Crippen molar-refractivity contribution in [3.63, 3.8) is 0 Å². The standard InChI is InChI=1S/C17H20BrNS/c1-3-20-15-10-8-13(9-11-15)17(19-2)12-14-6-4-5-7-16(14)18/h4-11,17,19H,3,12H2,1-2H3. The van der Waals surface area contributed by atoms with Gasteiger partial charge in [-0.3, -0.25) is 0 Å². The van der Waals surface area contributed by atoms with Gasteiger partial charge in [0, 0.05) is 15.4 Å². The van der Waals surface area contributed by atoms with E-state index >= 15 is 0 Å². The highest BCUT2D eigenvalue weighted by Gasteiger charge is 2.11. The van der Waals surface area contributed by atoms with Gasteiger partial charge in [0.2, 0.25) is 0 Å². The molecule has 0 saturated carbocycles. The number of benzene rings is 2. The van der Waals surface area contributed by atoms with Crippen molar-refractivity contribution in [2.75, 3.05) is 12.8 Å². The zero-order chi connectivity index (χ0) is 14.4. The molecule has 2 aromatic rings. The highest BCUT2D eigenvalue weighted by Crippen LogP contribution is 2.25. The second-order valence-electron chi connectivity index (χ2n) is 4.64. The average molecular weight is 350 g/mol. The number of halogens is 1. The molecule has 0 bridgehead atoms. The van der Waals surface area contributed by atoms with Crippen molar-refractivity contribution >= 4 is 27.7 Å². The highest BCUT2D eigenvalue weighted by atomic mass is 79.9. The normalized spacial score (nSPS) is 12.3. The molecule has 0 fully saturated rings. The SMILES string of the molecule is CCSc1ccc(C(Cc2ccccc2Br)NC)cc1. The van der Waals surface area contributed by atoms with Gasteiger partial charge >= 0.3 is 0 Å². The first-order valence-electron chi connectivity index (χ1n) is 6.88. The molecule has 3 heteroatoms. The molecule has 2 aromatic carbocycles. The summed E-state index contributed by atoms with van der Waals surface area (Å²) in [5.41, 5.74) is 2.67. The van der Waals surface area contributed by atoms with Gasteiger partial charge in [0.15, 0.2) is 0 Å². The van der Waals surface area contributed by atoms with Crippen LogP contribution in [0.3, 0.4) is 0 Å². The molecule has 106 valence electrons. The molecule has 0 aromatic heterocycles. The van der Waals surface area contributed by atoms with Crippen LogP contribution in [0, 0.1) is 0 Å². The van der Waals surface area contributed by atoms with Crippen molar-refractivity contribution in [3.8, 4) is 0 Å². The summed E-state index contributed by atoms with van der Waals surface area (Å²) < 4.78 is 1.18. The van der Waals surface area contributed by atoms with Crippen molar-refractivity contribution < 1.29 is 0 Å². The Morgan fingerprint density at radius 2 is 1.80 bits per heavy atom. The van der Waals surface area contributed by atoms with E-state index in [4.69, 9.17) is 0 Å². The maximum atomic E-state index is 3.63. The lowest BCUT2D eigenvalue weighted by molar-refractivity contribution is 0.590. The maximum Gasteiger partial charge on any atom is 0.0358 e. The Labute approximate surface area is 134 Å². The molecule has 0 amide bonds. The van der Waals surface area contributed by atoms with Crippen molar-refractivity contribution in [1.82, 2.24) is 5.32 Å². The van der Waals surface area contributed by atoms with Gasteiger partial charge in [-0.25, -0.2) is 0 Å². The van der Waals surface area contributed by atoms with Crippen LogP contribution in [0.5, 0.6) is 0 Å². The number of nitrogens with one attached hydrogen (secondary N) is 1. The predicted molar refractivity (Wildman–Crippen MR) is 92.5 cm³/mol. The van der Waals surface area contributed by atoms with E-state index in [1.807, 2.05) is 18.8 Å². The fourth-order valence-corrected chi connectivity index (χ4v) is 3.34. The fourth-order valence-electron chi connectivity index (χ4n) is 2.23. The number of likely N-dealkylation sites (N-methyl/N-ethyl adjacent to an activating group) is 1. The fraction of sp³-hybridized carbons (Fsp3) is 0.294. The van der Waals surface area contributed by atoms with E-state index in [0.29, 0.717) is 6.04 Å². The predicted octanol–water partition coefficient (Wildman–Crippen LogP) is 5.06. The summed E-state index contributed by atoms with van der Waals surface area (Å²) in [7, 11) is 2.02. The summed E-state index contributed by atoms with van der Waals surface area (Å²) in [5.74, 6) is 1.12. The molecule has 0 saturated heterocycles. The lowest BCUT2D eigenvalue weighted by Crippen LogP contribution is -2.18. The summed E-state index contributed by atoms with van der Waals surface area (Å²) in [6.45, 7) is 2.18. The van der Waals surface area contributed by atoms with Gasteiger partial charge in [-0.15, -0.1) is 11.8 Å². The zero-order valence-corrected chi connectivity index (χ0v) is 14.3. The van der Waals surface area contributed by atoms with Gasteiger partial charge in [-0.05, 0) is 48.5 Å². The molecular weight excluding hydrogens is 330 g/mol. The maximum absolute atomic E-state index is 3.63. The summed E-state index contributed by atoms with van der Waals surface area (Å²) in [5, 5.41) is 3.42. The van der Waals surface area contributed by atoms with Crippen LogP contribution in [-0.2, 0) is 6.42 Å². The molecule has 0 aliphatic carbocycles. The van der Waals surface area contributed by atoms with Gasteiger partial charge in [-0.1, -0.05) is 53.2 Å². The van der Waals surface area contributed by atoms with Crippen LogP contribution in [0.15, 0.2) is 57.9 Å². The first kappa shape index (κ1) is 15.6. The lowest BCUT2D eigenvalue weighted by atomic mass is 9.99. The van der Waals surface area contributed by atoms with Crippen LogP contribution in [0.25, 0.3) is 0 Å².